The molecule has 2 aliphatic rings. The first-order valence-corrected chi connectivity index (χ1v) is 6.71. The van der Waals surface area contributed by atoms with Crippen molar-refractivity contribution in [3.63, 3.8) is 0 Å². The number of anilines is 2. The summed E-state index contributed by atoms with van der Waals surface area (Å²) in [6.45, 7) is 7.27. The van der Waals surface area contributed by atoms with E-state index in [4.69, 9.17) is 4.74 Å². The zero-order chi connectivity index (χ0) is 12.5. The molecule has 1 unspecified atom stereocenters. The van der Waals surface area contributed by atoms with Gasteiger partial charge in [0.1, 0.15) is 12.4 Å². The molecule has 98 valence electrons. The molecule has 0 aliphatic carbocycles. The van der Waals surface area contributed by atoms with Crippen LogP contribution in [0.2, 0.25) is 0 Å². The predicted octanol–water partition coefficient (Wildman–Crippen LogP) is 1.31. The average molecular weight is 247 g/mol. The summed E-state index contributed by atoms with van der Waals surface area (Å²) in [4.78, 5) is 4.74. The van der Waals surface area contributed by atoms with E-state index in [1.165, 1.54) is 11.4 Å². The minimum absolute atomic E-state index is 0.441. The number of ether oxygens (including phenoxy) is 1. The largest absolute Gasteiger partial charge is 0.489 e. The fourth-order valence-corrected chi connectivity index (χ4v) is 2.58. The molecule has 3 rings (SSSR count). The molecule has 2 heterocycles. The van der Waals surface area contributed by atoms with Crippen LogP contribution in [-0.4, -0.2) is 45.9 Å². The third-order valence-corrected chi connectivity index (χ3v) is 3.95. The second-order valence-corrected chi connectivity index (χ2v) is 5.16. The number of benzene rings is 1. The third-order valence-electron chi connectivity index (χ3n) is 3.95. The van der Waals surface area contributed by atoms with Crippen molar-refractivity contribution in [2.75, 3.05) is 49.6 Å². The smallest absolute Gasteiger partial charge is 0.142 e. The van der Waals surface area contributed by atoms with Crippen LogP contribution in [0, 0.1) is 0 Å². The van der Waals surface area contributed by atoms with Gasteiger partial charge in [0.05, 0.1) is 11.7 Å². The van der Waals surface area contributed by atoms with Crippen LogP contribution in [0.1, 0.15) is 6.92 Å². The molecular weight excluding hydrogens is 226 g/mol. The fourth-order valence-electron chi connectivity index (χ4n) is 2.58. The highest BCUT2D eigenvalue weighted by atomic mass is 16.5. The second-order valence-electron chi connectivity index (χ2n) is 5.16. The maximum absolute atomic E-state index is 5.78. The van der Waals surface area contributed by atoms with Gasteiger partial charge >= 0.3 is 0 Å². The number of nitrogens with one attached hydrogen (secondary N) is 1. The first-order chi connectivity index (χ1) is 8.75. The number of likely N-dealkylation sites (N-methyl/N-ethyl adjacent to an activating group) is 1. The Labute approximate surface area is 109 Å². The van der Waals surface area contributed by atoms with Gasteiger partial charge in [0.25, 0.3) is 0 Å². The van der Waals surface area contributed by atoms with E-state index in [1.54, 1.807) is 0 Å². The van der Waals surface area contributed by atoms with Crippen LogP contribution in [0.3, 0.4) is 0 Å². The molecule has 1 aromatic carbocycles. The summed E-state index contributed by atoms with van der Waals surface area (Å²) in [5.74, 6) is 1.01. The lowest BCUT2D eigenvalue weighted by atomic mass is 10.1. The summed E-state index contributed by atoms with van der Waals surface area (Å²) < 4.78 is 5.78. The van der Waals surface area contributed by atoms with Crippen molar-refractivity contribution in [3.8, 4) is 5.75 Å². The summed E-state index contributed by atoms with van der Waals surface area (Å²) in [6, 6.07) is 6.98. The Hall–Kier alpha value is -1.42. The zero-order valence-corrected chi connectivity index (χ0v) is 11.1. The highest BCUT2D eigenvalue weighted by Crippen LogP contribution is 2.36. The maximum atomic E-state index is 5.78. The van der Waals surface area contributed by atoms with Crippen molar-refractivity contribution in [1.29, 1.82) is 0 Å². The molecule has 0 aromatic heterocycles. The number of rotatable bonds is 1. The van der Waals surface area contributed by atoms with Gasteiger partial charge in [-0.2, -0.15) is 0 Å². The van der Waals surface area contributed by atoms with Gasteiger partial charge < -0.3 is 19.9 Å². The van der Waals surface area contributed by atoms with Crippen molar-refractivity contribution in [2.24, 2.45) is 0 Å². The van der Waals surface area contributed by atoms with Crippen LogP contribution >= 0.6 is 0 Å². The molecule has 1 saturated heterocycles. The Morgan fingerprint density at radius 3 is 2.83 bits per heavy atom. The van der Waals surface area contributed by atoms with Crippen molar-refractivity contribution >= 4 is 11.4 Å². The molecule has 1 N–H and O–H groups in total. The van der Waals surface area contributed by atoms with E-state index in [9.17, 15) is 0 Å². The molecule has 4 nitrogen and oxygen atoms in total. The number of hydrogen-bond donors (Lipinski definition) is 1. The van der Waals surface area contributed by atoms with Crippen LogP contribution < -0.4 is 19.9 Å². The van der Waals surface area contributed by atoms with E-state index in [-0.39, 0.29) is 0 Å². The predicted molar refractivity (Wildman–Crippen MR) is 74.9 cm³/mol. The molecule has 2 aliphatic heterocycles. The van der Waals surface area contributed by atoms with E-state index in [2.05, 4.69) is 47.3 Å². The quantitative estimate of drug-likeness (QED) is 0.810. The summed E-state index contributed by atoms with van der Waals surface area (Å²) in [7, 11) is 2.15. The van der Waals surface area contributed by atoms with Crippen molar-refractivity contribution < 1.29 is 4.74 Å². The van der Waals surface area contributed by atoms with Crippen molar-refractivity contribution in [2.45, 2.75) is 13.0 Å². The van der Waals surface area contributed by atoms with Crippen molar-refractivity contribution in [3.05, 3.63) is 18.2 Å². The van der Waals surface area contributed by atoms with Gasteiger partial charge in [-0.3, -0.25) is 0 Å². The molecule has 0 spiro atoms. The summed E-state index contributed by atoms with van der Waals surface area (Å²) in [6.07, 6.45) is 0. The standard InChI is InChI=1S/C14H21N3O/c1-11-10-18-14-4-3-12(9-13(14)16(11)2)17-7-5-15-6-8-17/h3-4,9,11,15H,5-8,10H2,1-2H3. The Balaban J connectivity index is 1.89. The molecule has 18 heavy (non-hydrogen) atoms. The molecule has 0 amide bonds. The minimum Gasteiger partial charge on any atom is -0.489 e. The topological polar surface area (TPSA) is 27.7 Å². The van der Waals surface area contributed by atoms with E-state index < -0.39 is 0 Å². The monoisotopic (exact) mass is 247 g/mol. The Morgan fingerprint density at radius 2 is 2.06 bits per heavy atom. The maximum Gasteiger partial charge on any atom is 0.142 e. The summed E-state index contributed by atoms with van der Waals surface area (Å²) >= 11 is 0. The Kier molecular flexibility index (Phi) is 3.04. The number of nitrogens with zero attached hydrogens (tertiary/aromatic N) is 2. The number of hydrogen-bond acceptors (Lipinski definition) is 4. The molecule has 0 radical (unpaired) electrons. The highest BCUT2D eigenvalue weighted by Gasteiger charge is 2.22. The lowest BCUT2D eigenvalue weighted by Crippen LogP contribution is -2.43. The third kappa shape index (κ3) is 2.01. The van der Waals surface area contributed by atoms with Gasteiger partial charge in [-0.25, -0.2) is 0 Å². The van der Waals surface area contributed by atoms with Gasteiger partial charge in [-0.15, -0.1) is 0 Å². The van der Waals surface area contributed by atoms with Gasteiger partial charge in [0, 0.05) is 38.9 Å². The first kappa shape index (κ1) is 11.7. The van der Waals surface area contributed by atoms with Crippen molar-refractivity contribution in [1.82, 2.24) is 5.32 Å². The van der Waals surface area contributed by atoms with Gasteiger partial charge in [0.15, 0.2) is 0 Å². The molecule has 4 heteroatoms. The van der Waals surface area contributed by atoms with E-state index in [0.29, 0.717) is 6.04 Å². The van der Waals surface area contributed by atoms with Gasteiger partial charge in [0.2, 0.25) is 0 Å². The van der Waals surface area contributed by atoms with E-state index in [1.807, 2.05) is 0 Å². The first-order valence-electron chi connectivity index (χ1n) is 6.71. The zero-order valence-electron chi connectivity index (χ0n) is 11.1. The molecule has 0 saturated carbocycles. The summed E-state index contributed by atoms with van der Waals surface area (Å²) in [5, 5.41) is 3.39. The Bertz CT molecular complexity index is 429. The van der Waals surface area contributed by atoms with Crippen LogP contribution in [0.5, 0.6) is 5.75 Å². The number of piperazine rings is 1. The van der Waals surface area contributed by atoms with Crippen LogP contribution in [0.15, 0.2) is 18.2 Å². The van der Waals surface area contributed by atoms with Gasteiger partial charge in [-0.1, -0.05) is 0 Å². The van der Waals surface area contributed by atoms with Crippen LogP contribution in [-0.2, 0) is 0 Å². The van der Waals surface area contributed by atoms with Crippen LogP contribution in [0.4, 0.5) is 11.4 Å². The lowest BCUT2D eigenvalue weighted by Gasteiger charge is -2.36. The normalized spacial score (nSPS) is 23.6. The van der Waals surface area contributed by atoms with Crippen LogP contribution in [0.25, 0.3) is 0 Å². The fraction of sp³-hybridized carbons (Fsp3) is 0.571. The molecule has 1 atom stereocenters. The van der Waals surface area contributed by atoms with E-state index >= 15 is 0 Å². The highest BCUT2D eigenvalue weighted by molar-refractivity contribution is 5.68. The summed E-state index contributed by atoms with van der Waals surface area (Å²) in [5.41, 5.74) is 2.52. The molecule has 0 bridgehead atoms. The second kappa shape index (κ2) is 4.69. The van der Waals surface area contributed by atoms with E-state index in [0.717, 1.165) is 38.5 Å². The molecule has 1 fully saturated rings. The minimum atomic E-state index is 0.441. The average Bonchev–Trinajstić information content (AvgIpc) is 2.44. The Morgan fingerprint density at radius 1 is 1.28 bits per heavy atom. The molecule has 1 aromatic rings. The van der Waals surface area contributed by atoms with Gasteiger partial charge in [-0.05, 0) is 25.1 Å². The lowest BCUT2D eigenvalue weighted by molar-refractivity contribution is 0.275. The number of fused-ring (bicyclic) bond motifs is 1. The molecular formula is C14H21N3O. The SMILES string of the molecule is CC1COc2ccc(N3CCNCC3)cc2N1C.